The molecule has 0 aliphatic heterocycles. The van der Waals surface area contributed by atoms with Crippen LogP contribution in [0.5, 0.6) is 5.75 Å². The summed E-state index contributed by atoms with van der Waals surface area (Å²) in [5, 5.41) is 8.84. The number of aliphatic carboxylic acids is 1. The van der Waals surface area contributed by atoms with Gasteiger partial charge in [-0.25, -0.2) is 0 Å². The van der Waals surface area contributed by atoms with Crippen molar-refractivity contribution in [2.75, 3.05) is 13.7 Å². The minimum atomic E-state index is -0.838. The molecule has 1 N–H and O–H groups in total. The average molecular weight is 355 g/mol. The molecule has 138 valence electrons. The fraction of sp³-hybridized carbons (Fsp3) is 0.333. The largest absolute Gasteiger partial charge is 0.497 e. The molecule has 0 aliphatic rings. The van der Waals surface area contributed by atoms with Crippen LogP contribution in [0.1, 0.15) is 30.4 Å². The van der Waals surface area contributed by atoms with Crippen LogP contribution in [0.2, 0.25) is 0 Å². The van der Waals surface area contributed by atoms with Crippen molar-refractivity contribution < 1.29 is 19.4 Å². The summed E-state index contributed by atoms with van der Waals surface area (Å²) in [6.45, 7) is 0.949. The van der Waals surface area contributed by atoms with Gasteiger partial charge in [-0.3, -0.25) is 9.59 Å². The van der Waals surface area contributed by atoms with Gasteiger partial charge in [-0.2, -0.15) is 0 Å². The van der Waals surface area contributed by atoms with Crippen molar-refractivity contribution in [1.82, 2.24) is 4.90 Å². The Morgan fingerprint density at radius 2 is 1.65 bits per heavy atom. The Morgan fingerprint density at radius 1 is 0.962 bits per heavy atom. The Kier molecular flexibility index (Phi) is 7.68. The third kappa shape index (κ3) is 6.59. The van der Waals surface area contributed by atoms with Gasteiger partial charge in [0.15, 0.2) is 0 Å². The molecule has 5 nitrogen and oxygen atoms in total. The molecule has 0 aromatic heterocycles. The third-order valence-corrected chi connectivity index (χ3v) is 4.17. The van der Waals surface area contributed by atoms with Gasteiger partial charge in [0.1, 0.15) is 5.75 Å². The summed E-state index contributed by atoms with van der Waals surface area (Å²) in [5.41, 5.74) is 2.12. The number of methoxy groups -OCH3 is 1. The van der Waals surface area contributed by atoms with Crippen LogP contribution in [-0.2, 0) is 22.6 Å². The summed E-state index contributed by atoms with van der Waals surface area (Å²) in [5.74, 6) is -0.00939. The molecule has 0 saturated carbocycles. The summed E-state index contributed by atoms with van der Waals surface area (Å²) in [6.07, 6.45) is 1.56. The third-order valence-electron chi connectivity index (χ3n) is 4.17. The second-order valence-corrected chi connectivity index (χ2v) is 6.15. The van der Waals surface area contributed by atoms with Crippen LogP contribution < -0.4 is 4.74 Å². The Hall–Kier alpha value is -2.82. The van der Waals surface area contributed by atoms with E-state index in [-0.39, 0.29) is 12.3 Å². The van der Waals surface area contributed by atoms with Crippen LogP contribution in [0, 0.1) is 0 Å². The Balaban J connectivity index is 1.95. The molecular weight excluding hydrogens is 330 g/mol. The van der Waals surface area contributed by atoms with Gasteiger partial charge in [-0.05, 0) is 36.1 Å². The predicted octanol–water partition coefficient (Wildman–Crippen LogP) is 3.52. The van der Waals surface area contributed by atoms with E-state index in [2.05, 4.69) is 0 Å². The van der Waals surface area contributed by atoms with Gasteiger partial charge in [-0.15, -0.1) is 0 Å². The van der Waals surface area contributed by atoms with Crippen molar-refractivity contribution in [3.05, 3.63) is 65.7 Å². The highest BCUT2D eigenvalue weighted by molar-refractivity contribution is 5.76. The van der Waals surface area contributed by atoms with Crippen molar-refractivity contribution in [2.45, 2.75) is 32.2 Å². The Labute approximate surface area is 154 Å². The number of carbonyl (C=O) groups excluding carboxylic acids is 1. The van der Waals surface area contributed by atoms with Gasteiger partial charge in [-0.1, -0.05) is 42.5 Å². The van der Waals surface area contributed by atoms with E-state index in [1.165, 1.54) is 0 Å². The zero-order valence-corrected chi connectivity index (χ0v) is 15.1. The maximum absolute atomic E-state index is 12.7. The lowest BCUT2D eigenvalue weighted by Gasteiger charge is -2.23. The second kappa shape index (κ2) is 10.2. The van der Waals surface area contributed by atoms with Crippen LogP contribution in [-0.4, -0.2) is 35.5 Å². The lowest BCUT2D eigenvalue weighted by atomic mass is 10.1. The number of rotatable bonds is 10. The molecule has 0 heterocycles. The molecule has 2 rings (SSSR count). The lowest BCUT2D eigenvalue weighted by molar-refractivity contribution is -0.138. The first-order valence-corrected chi connectivity index (χ1v) is 8.75. The van der Waals surface area contributed by atoms with E-state index in [1.807, 2.05) is 54.6 Å². The number of hydrogen-bond acceptors (Lipinski definition) is 3. The highest BCUT2D eigenvalue weighted by Gasteiger charge is 2.14. The average Bonchev–Trinajstić information content (AvgIpc) is 2.66. The van der Waals surface area contributed by atoms with Gasteiger partial charge >= 0.3 is 5.97 Å². The van der Waals surface area contributed by atoms with Crippen molar-refractivity contribution in [3.63, 3.8) is 0 Å². The van der Waals surface area contributed by atoms with Gasteiger partial charge in [0.05, 0.1) is 7.11 Å². The molecule has 0 fully saturated rings. The number of ether oxygens (including phenoxy) is 1. The topological polar surface area (TPSA) is 66.8 Å². The Morgan fingerprint density at radius 3 is 2.27 bits per heavy atom. The predicted molar refractivity (Wildman–Crippen MR) is 100 cm³/mol. The molecule has 2 aromatic rings. The molecule has 26 heavy (non-hydrogen) atoms. The van der Waals surface area contributed by atoms with E-state index < -0.39 is 5.97 Å². The van der Waals surface area contributed by atoms with Crippen LogP contribution >= 0.6 is 0 Å². The monoisotopic (exact) mass is 355 g/mol. The molecule has 0 aliphatic carbocycles. The molecule has 0 radical (unpaired) electrons. The first-order valence-electron chi connectivity index (χ1n) is 8.75. The van der Waals surface area contributed by atoms with Crippen molar-refractivity contribution in [2.24, 2.45) is 0 Å². The standard InChI is InChI=1S/C21H25NO4/c1-26-19-12-9-17(10-13-19)11-14-20(23)22(15-5-8-21(24)25)16-18-6-3-2-4-7-18/h2-4,6-7,9-10,12-13H,5,8,11,14-16H2,1H3,(H,24,25). The number of amides is 1. The van der Waals surface area contributed by atoms with Gasteiger partial charge in [0, 0.05) is 25.9 Å². The van der Waals surface area contributed by atoms with Gasteiger partial charge in [0.25, 0.3) is 0 Å². The SMILES string of the molecule is COc1ccc(CCC(=O)N(CCCC(=O)O)Cc2ccccc2)cc1. The fourth-order valence-corrected chi connectivity index (χ4v) is 2.72. The molecule has 0 spiro atoms. The molecule has 0 bridgehead atoms. The zero-order valence-electron chi connectivity index (χ0n) is 15.1. The quantitative estimate of drug-likeness (QED) is 0.708. The number of carbonyl (C=O) groups is 2. The van der Waals surface area contributed by atoms with Gasteiger partial charge < -0.3 is 14.7 Å². The van der Waals surface area contributed by atoms with Crippen molar-refractivity contribution >= 4 is 11.9 Å². The number of aryl methyl sites for hydroxylation is 1. The molecule has 0 saturated heterocycles. The summed E-state index contributed by atoms with van der Waals surface area (Å²) >= 11 is 0. The molecule has 2 aromatic carbocycles. The maximum Gasteiger partial charge on any atom is 0.303 e. The van der Waals surface area contributed by atoms with Crippen LogP contribution in [0.4, 0.5) is 0 Å². The molecule has 5 heteroatoms. The van der Waals surface area contributed by atoms with Crippen molar-refractivity contribution in [1.29, 1.82) is 0 Å². The van der Waals surface area contributed by atoms with Gasteiger partial charge in [0.2, 0.25) is 5.91 Å². The van der Waals surface area contributed by atoms with Crippen LogP contribution in [0.3, 0.4) is 0 Å². The Bertz CT molecular complexity index is 698. The summed E-state index contributed by atoms with van der Waals surface area (Å²) < 4.78 is 5.14. The lowest BCUT2D eigenvalue weighted by Crippen LogP contribution is -2.32. The molecule has 0 unspecified atom stereocenters. The summed E-state index contributed by atoms with van der Waals surface area (Å²) in [6, 6.07) is 17.4. The highest BCUT2D eigenvalue weighted by Crippen LogP contribution is 2.14. The van der Waals surface area contributed by atoms with E-state index >= 15 is 0 Å². The normalized spacial score (nSPS) is 10.3. The second-order valence-electron chi connectivity index (χ2n) is 6.15. The number of carboxylic acids is 1. The minimum Gasteiger partial charge on any atom is -0.497 e. The number of hydrogen-bond donors (Lipinski definition) is 1. The molecule has 1 amide bonds. The molecule has 0 atom stereocenters. The smallest absolute Gasteiger partial charge is 0.303 e. The number of benzene rings is 2. The van der Waals surface area contributed by atoms with E-state index in [9.17, 15) is 9.59 Å². The minimum absolute atomic E-state index is 0.0371. The van der Waals surface area contributed by atoms with E-state index in [4.69, 9.17) is 9.84 Å². The molecular formula is C21H25NO4. The van der Waals surface area contributed by atoms with E-state index in [0.29, 0.717) is 32.4 Å². The fourth-order valence-electron chi connectivity index (χ4n) is 2.72. The zero-order chi connectivity index (χ0) is 18.8. The highest BCUT2D eigenvalue weighted by atomic mass is 16.5. The van der Waals surface area contributed by atoms with Crippen LogP contribution in [0.25, 0.3) is 0 Å². The number of nitrogens with zero attached hydrogens (tertiary/aromatic N) is 1. The summed E-state index contributed by atoms with van der Waals surface area (Å²) in [7, 11) is 1.62. The van der Waals surface area contributed by atoms with Crippen LogP contribution in [0.15, 0.2) is 54.6 Å². The van der Waals surface area contributed by atoms with E-state index in [0.717, 1.165) is 16.9 Å². The number of carboxylic acid groups (broad SMARTS) is 1. The first kappa shape index (κ1) is 19.5. The maximum atomic E-state index is 12.7. The first-order chi connectivity index (χ1) is 12.6. The van der Waals surface area contributed by atoms with E-state index in [1.54, 1.807) is 12.0 Å². The van der Waals surface area contributed by atoms with Crippen molar-refractivity contribution in [3.8, 4) is 5.75 Å². The summed E-state index contributed by atoms with van der Waals surface area (Å²) in [4.78, 5) is 25.2.